The average molecular weight is 543 g/mol. The smallest absolute Gasteiger partial charge is 0.326 e. The molecule has 0 saturated carbocycles. The van der Waals surface area contributed by atoms with Crippen molar-refractivity contribution in [3.63, 3.8) is 0 Å². The number of rotatable bonds is 10. The minimum Gasteiger partial charge on any atom is -0.480 e. The highest BCUT2D eigenvalue weighted by Gasteiger charge is 2.27. The van der Waals surface area contributed by atoms with Gasteiger partial charge in [-0.3, -0.25) is 4.90 Å². The fraction of sp³-hybridized carbons (Fsp3) is 0.370. The molecule has 3 N–H and O–H groups in total. The molecular formula is C27H34N4O6S. The largest absolute Gasteiger partial charge is 0.480 e. The topological polar surface area (TPSA) is 142 Å². The van der Waals surface area contributed by atoms with Crippen molar-refractivity contribution in [2.24, 2.45) is 5.92 Å². The van der Waals surface area contributed by atoms with Crippen LogP contribution in [0.2, 0.25) is 0 Å². The van der Waals surface area contributed by atoms with Crippen molar-refractivity contribution in [2.75, 3.05) is 9.62 Å². The Kier molecular flexibility index (Phi) is 8.82. The van der Waals surface area contributed by atoms with Crippen LogP contribution in [0.25, 0.3) is 11.1 Å². The van der Waals surface area contributed by atoms with Crippen molar-refractivity contribution in [3.8, 4) is 11.1 Å². The molecule has 38 heavy (non-hydrogen) atoms. The number of carboxylic acids is 1. The Morgan fingerprint density at radius 3 is 2.18 bits per heavy atom. The Morgan fingerprint density at radius 1 is 1.03 bits per heavy atom. The Morgan fingerprint density at radius 2 is 1.66 bits per heavy atom. The van der Waals surface area contributed by atoms with E-state index in [0.717, 1.165) is 0 Å². The summed E-state index contributed by atoms with van der Waals surface area (Å²) in [7, 11) is -4.00. The van der Waals surface area contributed by atoms with E-state index in [-0.39, 0.29) is 22.7 Å². The van der Waals surface area contributed by atoms with Crippen LogP contribution in [0.5, 0.6) is 0 Å². The van der Waals surface area contributed by atoms with Gasteiger partial charge in [-0.05, 0) is 63.8 Å². The molecule has 204 valence electrons. The van der Waals surface area contributed by atoms with Crippen LogP contribution in [0.1, 0.15) is 45.4 Å². The van der Waals surface area contributed by atoms with E-state index in [9.17, 15) is 23.1 Å². The Bertz CT molecular complexity index is 1400. The van der Waals surface area contributed by atoms with Crippen LogP contribution in [-0.2, 0) is 14.8 Å². The first kappa shape index (κ1) is 28.7. The third-order valence-corrected chi connectivity index (χ3v) is 7.44. The molecule has 1 aromatic heterocycles. The van der Waals surface area contributed by atoms with Gasteiger partial charge in [0.1, 0.15) is 6.04 Å². The summed E-state index contributed by atoms with van der Waals surface area (Å²) in [6, 6.07) is 11.6. The summed E-state index contributed by atoms with van der Waals surface area (Å²) in [6.07, 6.45) is 0.304. The second-order valence-electron chi connectivity index (χ2n) is 9.80. The van der Waals surface area contributed by atoms with Crippen LogP contribution in [0.3, 0.4) is 0 Å². The van der Waals surface area contributed by atoms with Crippen molar-refractivity contribution in [1.29, 1.82) is 0 Å². The fourth-order valence-electron chi connectivity index (χ4n) is 3.99. The second kappa shape index (κ2) is 11.7. The van der Waals surface area contributed by atoms with Crippen LogP contribution < -0.4 is 14.9 Å². The maximum absolute atomic E-state index is 13.2. The zero-order valence-corrected chi connectivity index (χ0v) is 23.2. The lowest BCUT2D eigenvalue weighted by Gasteiger charge is -2.29. The summed E-state index contributed by atoms with van der Waals surface area (Å²) < 4.78 is 34.1. The van der Waals surface area contributed by atoms with Crippen LogP contribution in [-0.4, -0.2) is 42.8 Å². The molecule has 0 bridgehead atoms. The van der Waals surface area contributed by atoms with Crippen molar-refractivity contribution in [3.05, 3.63) is 59.8 Å². The van der Waals surface area contributed by atoms with Gasteiger partial charge in [0.05, 0.1) is 10.6 Å². The molecule has 0 fully saturated rings. The lowest BCUT2D eigenvalue weighted by molar-refractivity contribution is -0.139. The number of aromatic nitrogens is 1. The summed E-state index contributed by atoms with van der Waals surface area (Å²) in [4.78, 5) is 26.3. The minimum atomic E-state index is -4.00. The number of anilines is 2. The van der Waals surface area contributed by atoms with Gasteiger partial charge >= 0.3 is 12.0 Å². The van der Waals surface area contributed by atoms with E-state index in [1.54, 1.807) is 56.3 Å². The number of carboxylic acid groups (broad SMARTS) is 1. The number of benzene rings is 2. The molecule has 0 aliphatic heterocycles. The number of hydrogen-bond acceptors (Lipinski definition) is 6. The first-order valence-electron chi connectivity index (χ1n) is 12.3. The molecule has 0 radical (unpaired) electrons. The molecule has 3 rings (SSSR count). The fourth-order valence-corrected chi connectivity index (χ4v) is 5.27. The van der Waals surface area contributed by atoms with E-state index in [1.165, 1.54) is 11.0 Å². The van der Waals surface area contributed by atoms with E-state index in [0.29, 0.717) is 34.5 Å². The third-order valence-electron chi connectivity index (χ3n) is 6.06. The summed E-state index contributed by atoms with van der Waals surface area (Å²) in [5.74, 6) is -0.942. The van der Waals surface area contributed by atoms with Gasteiger partial charge in [-0.15, -0.1) is 0 Å². The molecule has 3 aromatic rings. The number of carbonyl (C=O) groups excluding carboxylic acids is 1. The lowest BCUT2D eigenvalue weighted by atomic mass is 10.0. The summed E-state index contributed by atoms with van der Waals surface area (Å²) in [5.41, 5.74) is 2.81. The van der Waals surface area contributed by atoms with E-state index in [1.807, 2.05) is 27.7 Å². The standard InChI is InChI=1S/C27H34N4O6S/c1-16(2)15-23(26(32)33)28-27(34)31(17(3)4)21-13-11-20(12-14-21)22-9-7-8-10-24(22)38(35,36)30-25-18(5)19(6)29-37-25/h7-14,16-17,23,30H,15H2,1-6H3,(H,28,34)(H,32,33). The van der Waals surface area contributed by atoms with E-state index >= 15 is 0 Å². The van der Waals surface area contributed by atoms with E-state index < -0.39 is 28.1 Å². The van der Waals surface area contributed by atoms with Gasteiger partial charge in [0.2, 0.25) is 5.88 Å². The van der Waals surface area contributed by atoms with Crippen LogP contribution >= 0.6 is 0 Å². The number of nitrogens with one attached hydrogen (secondary N) is 2. The highest BCUT2D eigenvalue weighted by molar-refractivity contribution is 7.92. The molecule has 2 amide bonds. The Labute approximate surface area is 223 Å². The van der Waals surface area contributed by atoms with Crippen molar-refractivity contribution >= 4 is 33.6 Å². The number of aryl methyl sites for hydroxylation is 1. The van der Waals surface area contributed by atoms with Gasteiger partial charge < -0.3 is 14.9 Å². The van der Waals surface area contributed by atoms with Gasteiger partial charge in [-0.2, -0.15) is 0 Å². The molecule has 0 aliphatic rings. The first-order valence-corrected chi connectivity index (χ1v) is 13.8. The Balaban J connectivity index is 1.90. The van der Waals surface area contributed by atoms with Crippen molar-refractivity contribution in [1.82, 2.24) is 10.5 Å². The van der Waals surface area contributed by atoms with Gasteiger partial charge in [0.15, 0.2) is 0 Å². The average Bonchev–Trinajstić information content (AvgIpc) is 3.15. The second-order valence-corrected chi connectivity index (χ2v) is 11.5. The monoisotopic (exact) mass is 542 g/mol. The highest BCUT2D eigenvalue weighted by Crippen LogP contribution is 2.31. The maximum atomic E-state index is 13.2. The molecule has 1 unspecified atom stereocenters. The molecule has 1 atom stereocenters. The lowest BCUT2D eigenvalue weighted by Crippen LogP contribution is -2.50. The highest BCUT2D eigenvalue weighted by atomic mass is 32.2. The molecular weight excluding hydrogens is 508 g/mol. The Hall–Kier alpha value is -3.86. The number of sulfonamides is 1. The number of amides is 2. The van der Waals surface area contributed by atoms with Crippen LogP contribution in [0, 0.1) is 19.8 Å². The van der Waals surface area contributed by atoms with E-state index in [2.05, 4.69) is 15.2 Å². The summed E-state index contributed by atoms with van der Waals surface area (Å²) >= 11 is 0. The summed E-state index contributed by atoms with van der Waals surface area (Å²) in [5, 5.41) is 15.9. The van der Waals surface area contributed by atoms with Crippen molar-refractivity contribution < 1.29 is 27.6 Å². The van der Waals surface area contributed by atoms with Gasteiger partial charge in [0, 0.05) is 22.9 Å². The van der Waals surface area contributed by atoms with Gasteiger partial charge in [-0.25, -0.2) is 22.7 Å². The normalized spacial score (nSPS) is 12.4. The van der Waals surface area contributed by atoms with Gasteiger partial charge in [-0.1, -0.05) is 49.3 Å². The molecule has 1 heterocycles. The number of hydrogen-bond donors (Lipinski definition) is 3. The first-order chi connectivity index (χ1) is 17.8. The SMILES string of the molecule is Cc1noc(NS(=O)(=O)c2ccccc2-c2ccc(N(C(=O)NC(CC(C)C)C(=O)O)C(C)C)cc2)c1C. The maximum Gasteiger partial charge on any atom is 0.326 e. The number of carbonyl (C=O) groups is 2. The number of aliphatic carboxylic acids is 1. The number of nitrogens with zero attached hydrogens (tertiary/aromatic N) is 2. The predicted molar refractivity (Wildman–Crippen MR) is 146 cm³/mol. The van der Waals surface area contributed by atoms with Crippen molar-refractivity contribution in [2.45, 2.75) is 64.9 Å². The predicted octanol–water partition coefficient (Wildman–Crippen LogP) is 5.18. The molecule has 2 aromatic carbocycles. The molecule has 0 spiro atoms. The van der Waals surface area contributed by atoms with Crippen LogP contribution in [0.15, 0.2) is 57.9 Å². The molecule has 0 aliphatic carbocycles. The number of urea groups is 1. The van der Waals surface area contributed by atoms with E-state index in [4.69, 9.17) is 4.52 Å². The molecule has 10 nitrogen and oxygen atoms in total. The molecule has 11 heteroatoms. The van der Waals surface area contributed by atoms with Gasteiger partial charge in [0.25, 0.3) is 10.0 Å². The van der Waals surface area contributed by atoms with Crippen LogP contribution in [0.4, 0.5) is 16.4 Å². The minimum absolute atomic E-state index is 0.0534. The quantitative estimate of drug-likeness (QED) is 0.320. The third kappa shape index (κ3) is 6.52. The zero-order chi connectivity index (χ0) is 28.2. The zero-order valence-electron chi connectivity index (χ0n) is 22.3. The summed E-state index contributed by atoms with van der Waals surface area (Å²) in [6.45, 7) is 10.9. The molecule has 0 saturated heterocycles.